The van der Waals surface area contributed by atoms with Crippen molar-refractivity contribution in [1.82, 2.24) is 4.98 Å². The lowest BCUT2D eigenvalue weighted by Crippen LogP contribution is -1.99. The fraction of sp³-hybridized carbons (Fsp3) is 0. The maximum absolute atomic E-state index is 13.0. The van der Waals surface area contributed by atoms with Crippen LogP contribution >= 0.6 is 22.7 Å². The number of rotatable bonds is 2. The molecule has 3 aromatic carbocycles. The van der Waals surface area contributed by atoms with Crippen molar-refractivity contribution in [2.24, 2.45) is 0 Å². The summed E-state index contributed by atoms with van der Waals surface area (Å²) in [6, 6.07) is 23.5. The predicted molar refractivity (Wildman–Crippen MR) is 133 cm³/mol. The molecule has 1 aliphatic rings. The quantitative estimate of drug-likeness (QED) is 0.198. The number of fused-ring (bicyclic) bond motifs is 4. The summed E-state index contributed by atoms with van der Waals surface area (Å²) in [5, 5.41) is 3.06. The topological polar surface area (TPSA) is 60.2 Å². The first-order chi connectivity index (χ1) is 16.1. The third-order valence-corrected chi connectivity index (χ3v) is 7.96. The van der Waals surface area contributed by atoms with Gasteiger partial charge in [-0.3, -0.25) is 9.59 Å². The first-order valence-electron chi connectivity index (χ1n) is 10.4. The average molecular weight is 464 g/mol. The number of allylic oxidation sites excluding steroid dienone is 1. The van der Waals surface area contributed by atoms with Crippen LogP contribution in [0.5, 0.6) is 0 Å². The molecule has 6 heteroatoms. The number of hydrogen-bond donors (Lipinski definition) is 0. The van der Waals surface area contributed by atoms with Crippen molar-refractivity contribution < 1.29 is 14.0 Å². The third-order valence-electron chi connectivity index (χ3n) is 5.90. The van der Waals surface area contributed by atoms with Gasteiger partial charge in [-0.2, -0.15) is 4.98 Å². The van der Waals surface area contributed by atoms with Crippen LogP contribution in [0, 0.1) is 0 Å². The van der Waals surface area contributed by atoms with E-state index in [-0.39, 0.29) is 17.1 Å². The molecule has 4 nitrogen and oxygen atoms in total. The number of Topliss-reactive ketones (excluding diaryl/α,β-unsaturated/α-hetero) is 2. The number of oxazole rings is 1. The van der Waals surface area contributed by atoms with E-state index in [0.29, 0.717) is 22.6 Å². The number of carbonyl (C=O) groups excluding carboxylic acids is 2. The lowest BCUT2D eigenvalue weighted by Gasteiger charge is -2.00. The van der Waals surface area contributed by atoms with Crippen LogP contribution in [0.3, 0.4) is 0 Å². The molecule has 0 aliphatic heterocycles. The largest absolute Gasteiger partial charge is 0.434 e. The molecule has 3 heterocycles. The Labute approximate surface area is 195 Å². The second-order valence-electron chi connectivity index (χ2n) is 7.95. The molecule has 1 aliphatic carbocycles. The highest BCUT2D eigenvalue weighted by atomic mass is 32.1. The van der Waals surface area contributed by atoms with Gasteiger partial charge < -0.3 is 4.42 Å². The molecular formula is C27H13NO3S2. The van der Waals surface area contributed by atoms with Gasteiger partial charge >= 0.3 is 0 Å². The predicted octanol–water partition coefficient (Wildman–Crippen LogP) is 7.39. The van der Waals surface area contributed by atoms with Crippen LogP contribution in [0.2, 0.25) is 0 Å². The van der Waals surface area contributed by atoms with E-state index < -0.39 is 0 Å². The molecule has 156 valence electrons. The number of hydrogen-bond acceptors (Lipinski definition) is 6. The van der Waals surface area contributed by atoms with Crippen molar-refractivity contribution in [2.45, 2.75) is 0 Å². The Morgan fingerprint density at radius 3 is 2.09 bits per heavy atom. The minimum Gasteiger partial charge on any atom is -0.434 e. The van der Waals surface area contributed by atoms with Gasteiger partial charge in [0.1, 0.15) is 0 Å². The molecule has 0 bridgehead atoms. The Hall–Kier alpha value is -3.87. The monoisotopic (exact) mass is 463 g/mol. The zero-order valence-electron chi connectivity index (χ0n) is 17.0. The fourth-order valence-corrected chi connectivity index (χ4v) is 6.18. The molecule has 0 spiro atoms. The van der Waals surface area contributed by atoms with Gasteiger partial charge in [-0.15, -0.1) is 22.7 Å². The van der Waals surface area contributed by atoms with Gasteiger partial charge in [0, 0.05) is 26.8 Å². The van der Waals surface area contributed by atoms with E-state index in [9.17, 15) is 9.59 Å². The van der Waals surface area contributed by atoms with Crippen molar-refractivity contribution in [2.75, 3.05) is 0 Å². The van der Waals surface area contributed by atoms with Crippen molar-refractivity contribution >= 4 is 71.6 Å². The van der Waals surface area contributed by atoms with E-state index in [1.54, 1.807) is 17.4 Å². The van der Waals surface area contributed by atoms with Crippen LogP contribution in [-0.2, 0) is 0 Å². The second kappa shape index (κ2) is 6.81. The lowest BCUT2D eigenvalue weighted by molar-refractivity contribution is 0.0990. The minimum atomic E-state index is -0.232. The Bertz CT molecular complexity index is 1690. The van der Waals surface area contributed by atoms with Gasteiger partial charge in [-0.05, 0) is 46.5 Å². The summed E-state index contributed by atoms with van der Waals surface area (Å²) in [7, 11) is 0. The maximum Gasteiger partial charge on any atom is 0.238 e. The summed E-state index contributed by atoms with van der Waals surface area (Å²) < 4.78 is 7.19. The smallest absolute Gasteiger partial charge is 0.238 e. The van der Waals surface area contributed by atoms with E-state index in [0.717, 1.165) is 30.7 Å². The van der Waals surface area contributed by atoms with Crippen molar-refractivity contribution in [3.8, 4) is 10.8 Å². The number of benzene rings is 3. The molecule has 0 saturated carbocycles. The molecule has 0 radical (unpaired) electrons. The number of aromatic nitrogens is 1. The third kappa shape index (κ3) is 2.85. The molecule has 6 aromatic rings. The van der Waals surface area contributed by atoms with Crippen LogP contribution in [0.1, 0.15) is 25.6 Å². The molecule has 0 N–H and O–H groups in total. The molecule has 0 saturated heterocycles. The van der Waals surface area contributed by atoms with Gasteiger partial charge in [0.2, 0.25) is 5.89 Å². The first kappa shape index (κ1) is 18.7. The highest BCUT2D eigenvalue weighted by molar-refractivity contribution is 7.22. The molecule has 3 aromatic heterocycles. The highest BCUT2D eigenvalue weighted by Crippen LogP contribution is 2.38. The highest BCUT2D eigenvalue weighted by Gasteiger charge is 2.33. The number of ketones is 2. The van der Waals surface area contributed by atoms with Gasteiger partial charge in [0.05, 0.1) is 10.5 Å². The zero-order valence-corrected chi connectivity index (χ0v) is 18.6. The second-order valence-corrected chi connectivity index (χ2v) is 10.1. The first-order valence-corrected chi connectivity index (χ1v) is 12.0. The number of carbonyl (C=O) groups is 2. The molecule has 0 atom stereocenters. The molecule has 33 heavy (non-hydrogen) atoms. The SMILES string of the molecule is O=C1C(=Cc2cc3oc(-c4cc5ccccc5s4)nc3s2)C(=O)c2cc3ccccc3cc21. The summed E-state index contributed by atoms with van der Waals surface area (Å²) in [6.07, 6.45) is 1.66. The standard InChI is InChI=1S/C27H13NO3S2/c29-24-18-9-14-5-1-2-6-15(14)10-19(18)25(30)20(24)12-17-13-21-27(32-17)28-26(31-21)23-11-16-7-3-4-8-22(16)33-23/h1-13H. The summed E-state index contributed by atoms with van der Waals surface area (Å²) in [5.41, 5.74) is 1.78. The van der Waals surface area contributed by atoms with Gasteiger partial charge in [-0.25, -0.2) is 0 Å². The van der Waals surface area contributed by atoms with E-state index in [4.69, 9.17) is 4.42 Å². The normalized spacial score (nSPS) is 13.5. The van der Waals surface area contributed by atoms with Gasteiger partial charge in [0.25, 0.3) is 0 Å². The Balaban J connectivity index is 1.26. The van der Waals surface area contributed by atoms with Gasteiger partial charge in [0.15, 0.2) is 22.0 Å². The van der Waals surface area contributed by atoms with E-state index in [2.05, 4.69) is 23.2 Å². The van der Waals surface area contributed by atoms with E-state index in [1.165, 1.54) is 16.0 Å². The van der Waals surface area contributed by atoms with Crippen LogP contribution in [0.4, 0.5) is 0 Å². The number of nitrogens with zero attached hydrogens (tertiary/aromatic N) is 1. The van der Waals surface area contributed by atoms with Crippen molar-refractivity contribution in [3.63, 3.8) is 0 Å². The Kier molecular flexibility index (Phi) is 3.86. The van der Waals surface area contributed by atoms with Gasteiger partial charge in [-0.1, -0.05) is 42.5 Å². The summed E-state index contributed by atoms with van der Waals surface area (Å²) >= 11 is 3.05. The van der Waals surface area contributed by atoms with Crippen LogP contribution < -0.4 is 0 Å². The molecule has 0 amide bonds. The molecule has 0 unspecified atom stereocenters. The van der Waals surface area contributed by atoms with E-state index in [1.807, 2.05) is 54.6 Å². The van der Waals surface area contributed by atoms with Crippen molar-refractivity contribution in [3.05, 3.63) is 94.4 Å². The average Bonchev–Trinajstić information content (AvgIpc) is 3.57. The number of thiophene rings is 2. The summed E-state index contributed by atoms with van der Waals surface area (Å²) in [4.78, 5) is 33.2. The maximum atomic E-state index is 13.0. The molecule has 0 fully saturated rings. The van der Waals surface area contributed by atoms with Crippen molar-refractivity contribution in [1.29, 1.82) is 0 Å². The Morgan fingerprint density at radius 2 is 1.42 bits per heavy atom. The van der Waals surface area contributed by atoms with Crippen LogP contribution in [0.15, 0.2) is 82.8 Å². The lowest BCUT2D eigenvalue weighted by atomic mass is 10.0. The minimum absolute atomic E-state index is 0.189. The molecular weight excluding hydrogens is 450 g/mol. The fourth-order valence-electron chi connectivity index (χ4n) is 4.30. The zero-order chi connectivity index (χ0) is 22.1. The van der Waals surface area contributed by atoms with E-state index >= 15 is 0 Å². The van der Waals surface area contributed by atoms with Crippen LogP contribution in [-0.4, -0.2) is 16.6 Å². The summed E-state index contributed by atoms with van der Waals surface area (Å²) in [6.45, 7) is 0. The molecule has 7 rings (SSSR count). The Morgan fingerprint density at radius 1 is 0.758 bits per heavy atom. The summed E-state index contributed by atoms with van der Waals surface area (Å²) in [5.74, 6) is 0.123. The van der Waals surface area contributed by atoms with Crippen LogP contribution in [0.25, 0.3) is 48.1 Å².